The van der Waals surface area contributed by atoms with Gasteiger partial charge < -0.3 is 14.7 Å². The molecule has 3 aromatic carbocycles. The van der Waals surface area contributed by atoms with E-state index >= 15 is 0 Å². The predicted octanol–water partition coefficient (Wildman–Crippen LogP) is 10.9. The van der Waals surface area contributed by atoms with E-state index in [1.165, 1.54) is 23.4 Å². The second-order valence-corrected chi connectivity index (χ2v) is 23.6. The number of carbonyl (C=O) groups is 2. The Morgan fingerprint density at radius 1 is 0.760 bits per heavy atom. The summed E-state index contributed by atoms with van der Waals surface area (Å²) < 4.78 is 0. The zero-order valence-corrected chi connectivity index (χ0v) is 37.1. The first-order valence-corrected chi connectivity index (χ1v) is 27.4. The van der Waals surface area contributed by atoms with E-state index in [0.29, 0.717) is 28.0 Å². The third-order valence-corrected chi connectivity index (χ3v) is 9.28. The molecule has 0 N–H and O–H groups in total. The second kappa shape index (κ2) is 24.4. The van der Waals surface area contributed by atoms with Gasteiger partial charge in [0, 0.05) is 51.0 Å². The van der Waals surface area contributed by atoms with Crippen LogP contribution in [0.5, 0.6) is 0 Å². The SMILES string of the molecule is CC.CC.CC.CN(CC1CCN(C2CCN(c3ccccc3)CC2)CC1)C(=O)N1C(=O)N(C)c2ccccc2C1c1ccccc1.[I][V][I]. The van der Waals surface area contributed by atoms with Gasteiger partial charge in [-0.2, -0.15) is 0 Å². The normalized spacial score (nSPS) is 17.6. The Kier molecular flexibility index (Phi) is 21.7. The van der Waals surface area contributed by atoms with Crippen LogP contribution in [0.3, 0.4) is 0 Å². The number of rotatable bonds is 5. The Labute approximate surface area is 332 Å². The van der Waals surface area contributed by atoms with E-state index in [4.69, 9.17) is 0 Å². The van der Waals surface area contributed by atoms with Gasteiger partial charge in [0.2, 0.25) is 0 Å². The molecule has 0 bridgehead atoms. The maximum absolute atomic E-state index is 14.0. The van der Waals surface area contributed by atoms with Gasteiger partial charge in [-0.1, -0.05) is 108 Å². The zero-order chi connectivity index (χ0) is 37.1. The number of hydrogen-bond donors (Lipinski definition) is 0. The topological polar surface area (TPSA) is 50.3 Å². The van der Waals surface area contributed by atoms with Gasteiger partial charge in [0.25, 0.3) is 0 Å². The van der Waals surface area contributed by atoms with Gasteiger partial charge in [-0.3, -0.25) is 4.90 Å². The minimum atomic E-state index is -0.449. The number of nitrogens with zero attached hydrogens (tertiary/aromatic N) is 5. The van der Waals surface area contributed by atoms with Gasteiger partial charge in [-0.25, -0.2) is 14.5 Å². The number of urea groups is 2. The Morgan fingerprint density at radius 3 is 1.82 bits per heavy atom. The minimum absolute atomic E-state index is 0.235. The number of hydrogen-bond acceptors (Lipinski definition) is 4. The van der Waals surface area contributed by atoms with Gasteiger partial charge in [-0.05, 0) is 68.5 Å². The number of piperidine rings is 2. The summed E-state index contributed by atoms with van der Waals surface area (Å²) in [5.74, 6) is 0.435. The summed E-state index contributed by atoms with van der Waals surface area (Å²) in [5.41, 5.74) is 4.08. The molecule has 1 atom stereocenters. The van der Waals surface area contributed by atoms with Crippen LogP contribution in [-0.4, -0.2) is 79.6 Å². The molecule has 4 amide bonds. The van der Waals surface area contributed by atoms with Crippen molar-refractivity contribution >= 4 is 63.4 Å². The summed E-state index contributed by atoms with van der Waals surface area (Å²) in [6.07, 6.45) is 4.56. The van der Waals surface area contributed by atoms with E-state index in [0.717, 1.165) is 55.8 Å². The number of fused-ring (bicyclic) bond motifs is 1. The average molecular weight is 947 g/mol. The van der Waals surface area contributed by atoms with E-state index in [1.807, 2.05) is 103 Å². The number of amides is 4. The molecule has 3 heterocycles. The summed E-state index contributed by atoms with van der Waals surface area (Å²) >= 11 is 4.74. The average Bonchev–Trinajstić information content (AvgIpc) is 3.19. The van der Waals surface area contributed by atoms with Crippen LogP contribution < -0.4 is 9.80 Å². The van der Waals surface area contributed by atoms with Crippen molar-refractivity contribution in [2.24, 2.45) is 5.92 Å². The summed E-state index contributed by atoms with van der Waals surface area (Å²) in [4.78, 5) is 37.6. The van der Waals surface area contributed by atoms with Crippen LogP contribution in [0.15, 0.2) is 84.9 Å². The summed E-state index contributed by atoms with van der Waals surface area (Å²) in [6, 6.07) is 28.2. The molecule has 3 aliphatic heterocycles. The van der Waals surface area contributed by atoms with Gasteiger partial charge in [-0.15, -0.1) is 0 Å². The molecule has 0 spiro atoms. The fourth-order valence-electron chi connectivity index (χ4n) is 6.97. The number of anilines is 2. The summed E-state index contributed by atoms with van der Waals surface area (Å²) in [7, 11) is 4.23. The molecule has 3 aliphatic rings. The molecule has 6 rings (SSSR count). The van der Waals surface area contributed by atoms with Crippen LogP contribution in [0.2, 0.25) is 0 Å². The number of halogens is 2. The quantitative estimate of drug-likeness (QED) is 0.239. The van der Waals surface area contributed by atoms with Gasteiger partial charge >= 0.3 is 61.5 Å². The molecule has 10 heteroatoms. The van der Waals surface area contributed by atoms with E-state index in [2.05, 4.69) is 80.1 Å². The number of imide groups is 1. The molecule has 2 saturated heterocycles. The molecule has 7 nitrogen and oxygen atoms in total. The molecule has 0 aromatic heterocycles. The van der Waals surface area contributed by atoms with Gasteiger partial charge in [0.05, 0.1) is 11.7 Å². The van der Waals surface area contributed by atoms with E-state index in [-0.39, 0.29) is 12.1 Å². The van der Waals surface area contributed by atoms with Crippen molar-refractivity contribution in [2.45, 2.75) is 79.3 Å². The number of carbonyl (C=O) groups excluding carboxylic acids is 2. The zero-order valence-electron chi connectivity index (χ0n) is 31.4. The standard InChI is InChI=1S/C34H41N5O2.3C2H6.2HI.V/c1-35(25-26-17-21-37(22-18-26)29-19-23-38(24-20-29)28-13-7-4-8-14-28)33(40)39-32(27-11-5-3-6-12-27)30-15-9-10-16-31(30)36(2)34(39)41;3*1-2;;;/h3-16,26,29,32H,17-25H2,1-2H3;3*1-2H3;2*1H;/q;;;;;;+2/p-2. The van der Waals surface area contributed by atoms with Gasteiger partial charge in [0.1, 0.15) is 0 Å². The number of likely N-dealkylation sites (tertiary alicyclic amines) is 1. The first-order chi connectivity index (χ1) is 24.4. The van der Waals surface area contributed by atoms with Crippen LogP contribution in [0.25, 0.3) is 0 Å². The van der Waals surface area contributed by atoms with Crippen molar-refractivity contribution in [3.05, 3.63) is 96.1 Å². The molecule has 50 heavy (non-hydrogen) atoms. The predicted molar refractivity (Wildman–Crippen MR) is 226 cm³/mol. The van der Waals surface area contributed by atoms with Crippen LogP contribution >= 0.6 is 40.0 Å². The second-order valence-electron chi connectivity index (χ2n) is 11.8. The number of benzene rings is 3. The van der Waals surface area contributed by atoms with Crippen molar-refractivity contribution in [1.82, 2.24) is 14.7 Å². The van der Waals surface area contributed by atoms with E-state index in [1.54, 1.807) is 16.8 Å². The Bertz CT molecular complexity index is 1370. The van der Waals surface area contributed by atoms with Crippen LogP contribution in [-0.2, 0) is 9.47 Å². The van der Waals surface area contributed by atoms with Crippen molar-refractivity contribution < 1.29 is 19.1 Å². The molecule has 2 fully saturated rings. The molecule has 275 valence electrons. The third kappa shape index (κ3) is 11.9. The molecule has 3 aromatic rings. The van der Waals surface area contributed by atoms with Crippen molar-refractivity contribution in [3.8, 4) is 0 Å². The molecular weight excluding hydrogens is 887 g/mol. The Hall–Kier alpha value is -1.80. The monoisotopic (exact) mass is 946 g/mol. The first kappa shape index (κ1) is 44.4. The Balaban J connectivity index is 0.000000887. The Morgan fingerprint density at radius 2 is 1.26 bits per heavy atom. The first-order valence-electron chi connectivity index (χ1n) is 18.3. The van der Waals surface area contributed by atoms with E-state index < -0.39 is 6.04 Å². The number of para-hydroxylation sites is 2. The van der Waals surface area contributed by atoms with E-state index in [9.17, 15) is 9.59 Å². The fraction of sp³-hybridized carbons (Fsp3) is 0.500. The van der Waals surface area contributed by atoms with Crippen LogP contribution in [0.4, 0.5) is 21.0 Å². The van der Waals surface area contributed by atoms with Crippen LogP contribution in [0, 0.1) is 5.92 Å². The third-order valence-electron chi connectivity index (χ3n) is 9.28. The van der Waals surface area contributed by atoms with Crippen molar-refractivity contribution in [3.63, 3.8) is 0 Å². The van der Waals surface area contributed by atoms with Crippen molar-refractivity contribution in [2.75, 3.05) is 56.6 Å². The summed E-state index contributed by atoms with van der Waals surface area (Å²) in [5, 5.41) is 0. The molecule has 0 aliphatic carbocycles. The maximum atomic E-state index is 14.0. The van der Waals surface area contributed by atoms with Crippen LogP contribution in [0.1, 0.15) is 84.4 Å². The fourth-order valence-corrected chi connectivity index (χ4v) is 6.97. The molecular formula is C40H59I2N5O2V. The summed E-state index contributed by atoms with van der Waals surface area (Å²) in [6.45, 7) is 17.0. The van der Waals surface area contributed by atoms with Crippen molar-refractivity contribution in [1.29, 1.82) is 0 Å². The molecule has 0 radical (unpaired) electrons. The molecule has 0 saturated carbocycles. The van der Waals surface area contributed by atoms with Gasteiger partial charge in [0.15, 0.2) is 0 Å². The molecule has 1 unspecified atom stereocenters.